The van der Waals surface area contributed by atoms with Gasteiger partial charge in [-0.3, -0.25) is 14.7 Å². The van der Waals surface area contributed by atoms with Gasteiger partial charge < -0.3 is 19.4 Å². The summed E-state index contributed by atoms with van der Waals surface area (Å²) in [5.41, 5.74) is 1.66. The van der Waals surface area contributed by atoms with Gasteiger partial charge >= 0.3 is 0 Å². The average molecular weight is 414 g/mol. The smallest absolute Gasteiger partial charge is 0.289 e. The second kappa shape index (κ2) is 8.66. The molecular weight excluding hydrogens is 391 g/mol. The molecular formula is C21H23FN4O4. The summed E-state index contributed by atoms with van der Waals surface area (Å²) in [6.07, 6.45) is 3.12. The highest BCUT2D eigenvalue weighted by molar-refractivity contribution is 5.97. The van der Waals surface area contributed by atoms with Crippen LogP contribution in [0.1, 0.15) is 45.4 Å². The molecule has 158 valence electrons. The fourth-order valence-electron chi connectivity index (χ4n) is 3.82. The second-order valence-corrected chi connectivity index (χ2v) is 7.33. The van der Waals surface area contributed by atoms with Crippen LogP contribution < -0.4 is 5.32 Å². The van der Waals surface area contributed by atoms with Crippen LogP contribution in [0.3, 0.4) is 0 Å². The maximum atomic E-state index is 13.4. The van der Waals surface area contributed by atoms with Crippen molar-refractivity contribution in [1.82, 2.24) is 20.4 Å². The number of methoxy groups -OCH3 is 1. The first-order chi connectivity index (χ1) is 14.6. The molecule has 2 N–H and O–H groups in total. The van der Waals surface area contributed by atoms with Gasteiger partial charge in [-0.15, -0.1) is 0 Å². The molecule has 3 aromatic rings. The molecule has 1 fully saturated rings. The fourth-order valence-corrected chi connectivity index (χ4v) is 3.82. The number of aromatic nitrogens is 2. The van der Waals surface area contributed by atoms with Crippen LogP contribution in [0.15, 0.2) is 34.9 Å². The Morgan fingerprint density at radius 1 is 1.40 bits per heavy atom. The van der Waals surface area contributed by atoms with Crippen LogP contribution in [0.5, 0.6) is 0 Å². The van der Waals surface area contributed by atoms with E-state index in [1.54, 1.807) is 18.1 Å². The monoisotopic (exact) mass is 414 g/mol. The van der Waals surface area contributed by atoms with Crippen molar-refractivity contribution in [3.05, 3.63) is 53.3 Å². The molecule has 0 radical (unpaired) electrons. The van der Waals surface area contributed by atoms with Crippen molar-refractivity contribution in [2.45, 2.75) is 18.8 Å². The number of hydrogen-bond acceptors (Lipinski definition) is 5. The third kappa shape index (κ3) is 4.06. The van der Waals surface area contributed by atoms with E-state index in [0.29, 0.717) is 48.5 Å². The van der Waals surface area contributed by atoms with E-state index in [2.05, 4.69) is 15.5 Å². The SMILES string of the molecule is COCCNC(=O)c1cn[nH]c1[C@@H]1CCCN(C(=O)c2cc3cc(F)ccc3o2)C1. The van der Waals surface area contributed by atoms with Crippen molar-refractivity contribution in [3.63, 3.8) is 0 Å². The van der Waals surface area contributed by atoms with Crippen LogP contribution in [0.2, 0.25) is 0 Å². The van der Waals surface area contributed by atoms with Crippen LogP contribution in [0.25, 0.3) is 11.0 Å². The number of ether oxygens (including phenoxy) is 1. The number of furan rings is 1. The molecule has 4 rings (SSSR count). The topological polar surface area (TPSA) is 100 Å². The van der Waals surface area contributed by atoms with Gasteiger partial charge in [-0.1, -0.05) is 0 Å². The van der Waals surface area contributed by atoms with Crippen LogP contribution in [0.4, 0.5) is 4.39 Å². The lowest BCUT2D eigenvalue weighted by Gasteiger charge is -2.32. The number of carbonyl (C=O) groups is 2. The Morgan fingerprint density at radius 3 is 3.10 bits per heavy atom. The van der Waals surface area contributed by atoms with Gasteiger partial charge in [0.2, 0.25) is 0 Å². The van der Waals surface area contributed by atoms with Gasteiger partial charge in [0.25, 0.3) is 11.8 Å². The molecule has 0 saturated carbocycles. The minimum absolute atomic E-state index is 0.0461. The van der Waals surface area contributed by atoms with Crippen molar-refractivity contribution in [2.75, 3.05) is 33.4 Å². The Kier molecular flexibility index (Phi) is 5.80. The summed E-state index contributed by atoms with van der Waals surface area (Å²) in [4.78, 5) is 27.1. The van der Waals surface area contributed by atoms with E-state index >= 15 is 0 Å². The highest BCUT2D eigenvalue weighted by Gasteiger charge is 2.30. The van der Waals surface area contributed by atoms with Crippen molar-refractivity contribution in [3.8, 4) is 0 Å². The lowest BCUT2D eigenvalue weighted by Crippen LogP contribution is -2.39. The first-order valence-corrected chi connectivity index (χ1v) is 9.85. The zero-order chi connectivity index (χ0) is 21.1. The first kappa shape index (κ1) is 20.1. The zero-order valence-corrected chi connectivity index (χ0v) is 16.6. The first-order valence-electron chi connectivity index (χ1n) is 9.85. The maximum Gasteiger partial charge on any atom is 0.289 e. The van der Waals surface area contributed by atoms with E-state index in [9.17, 15) is 14.0 Å². The normalized spacial score (nSPS) is 16.7. The predicted octanol–water partition coefficient (Wildman–Crippen LogP) is 2.69. The van der Waals surface area contributed by atoms with E-state index in [1.807, 2.05) is 0 Å². The molecule has 0 bridgehead atoms. The number of amides is 2. The number of rotatable bonds is 6. The molecule has 3 heterocycles. The average Bonchev–Trinajstić information content (AvgIpc) is 3.40. The number of aromatic amines is 1. The van der Waals surface area contributed by atoms with Crippen molar-refractivity contribution in [2.24, 2.45) is 0 Å². The van der Waals surface area contributed by atoms with Gasteiger partial charge in [0.15, 0.2) is 5.76 Å². The zero-order valence-electron chi connectivity index (χ0n) is 16.6. The number of hydrogen-bond donors (Lipinski definition) is 2. The Balaban J connectivity index is 1.49. The summed E-state index contributed by atoms with van der Waals surface area (Å²) >= 11 is 0. The molecule has 1 saturated heterocycles. The summed E-state index contributed by atoms with van der Waals surface area (Å²) in [7, 11) is 1.57. The third-order valence-electron chi connectivity index (χ3n) is 5.31. The van der Waals surface area contributed by atoms with Crippen molar-refractivity contribution < 1.29 is 23.1 Å². The summed E-state index contributed by atoms with van der Waals surface area (Å²) in [5.74, 6) is -0.718. The molecule has 2 amide bonds. The van der Waals surface area contributed by atoms with Gasteiger partial charge in [-0.2, -0.15) is 5.10 Å². The molecule has 2 aromatic heterocycles. The van der Waals surface area contributed by atoms with Gasteiger partial charge in [0.1, 0.15) is 11.4 Å². The Bertz CT molecular complexity index is 1060. The van der Waals surface area contributed by atoms with E-state index in [1.165, 1.54) is 24.4 Å². The lowest BCUT2D eigenvalue weighted by atomic mass is 9.92. The highest BCUT2D eigenvalue weighted by atomic mass is 19.1. The van der Waals surface area contributed by atoms with Crippen LogP contribution in [-0.4, -0.2) is 60.3 Å². The molecule has 0 spiro atoms. The number of halogens is 1. The number of nitrogens with one attached hydrogen (secondary N) is 2. The number of H-pyrrole nitrogens is 1. The molecule has 1 aromatic carbocycles. The molecule has 1 aliphatic heterocycles. The summed E-state index contributed by atoms with van der Waals surface area (Å²) in [6.45, 7) is 1.85. The van der Waals surface area contributed by atoms with Crippen LogP contribution >= 0.6 is 0 Å². The minimum Gasteiger partial charge on any atom is -0.451 e. The van der Waals surface area contributed by atoms with Gasteiger partial charge in [-0.25, -0.2) is 4.39 Å². The summed E-state index contributed by atoms with van der Waals surface area (Å²) in [5, 5.41) is 10.3. The number of fused-ring (bicyclic) bond motifs is 1. The van der Waals surface area contributed by atoms with Crippen molar-refractivity contribution >= 4 is 22.8 Å². The number of nitrogens with zero attached hydrogens (tertiary/aromatic N) is 2. The molecule has 0 unspecified atom stereocenters. The molecule has 1 aliphatic rings. The number of likely N-dealkylation sites (tertiary alicyclic amines) is 1. The van der Waals surface area contributed by atoms with E-state index in [-0.39, 0.29) is 29.3 Å². The van der Waals surface area contributed by atoms with Gasteiger partial charge in [-0.05, 0) is 37.1 Å². The number of piperidine rings is 1. The minimum atomic E-state index is -0.379. The standard InChI is InChI=1S/C21H23FN4O4/c1-29-8-6-23-20(27)16-11-24-25-19(16)13-3-2-7-26(12-13)21(28)18-10-14-9-15(22)4-5-17(14)30-18/h4-5,9-11,13H,2-3,6-8,12H2,1H3,(H,23,27)(H,24,25)/t13-/m1/s1. The van der Waals surface area contributed by atoms with Crippen LogP contribution in [-0.2, 0) is 4.74 Å². The third-order valence-corrected chi connectivity index (χ3v) is 5.31. The number of carbonyl (C=O) groups excluding carboxylic acids is 2. The van der Waals surface area contributed by atoms with Crippen LogP contribution in [0, 0.1) is 5.82 Å². The Morgan fingerprint density at radius 2 is 2.27 bits per heavy atom. The number of benzene rings is 1. The summed E-state index contributed by atoms with van der Waals surface area (Å²) in [6, 6.07) is 5.72. The van der Waals surface area contributed by atoms with E-state index in [0.717, 1.165) is 12.8 Å². The molecule has 30 heavy (non-hydrogen) atoms. The molecule has 8 nitrogen and oxygen atoms in total. The Labute approximate surface area is 172 Å². The van der Waals surface area contributed by atoms with E-state index in [4.69, 9.17) is 9.15 Å². The quantitative estimate of drug-likeness (QED) is 0.604. The fraction of sp³-hybridized carbons (Fsp3) is 0.381. The molecule has 1 atom stereocenters. The second-order valence-electron chi connectivity index (χ2n) is 7.33. The largest absolute Gasteiger partial charge is 0.451 e. The Hall–Kier alpha value is -3.20. The van der Waals surface area contributed by atoms with E-state index < -0.39 is 0 Å². The highest BCUT2D eigenvalue weighted by Crippen LogP contribution is 2.29. The maximum absolute atomic E-state index is 13.4. The summed E-state index contributed by atoms with van der Waals surface area (Å²) < 4.78 is 24.0. The lowest BCUT2D eigenvalue weighted by molar-refractivity contribution is 0.0676. The van der Waals surface area contributed by atoms with Gasteiger partial charge in [0.05, 0.1) is 24.1 Å². The molecule has 9 heteroatoms. The van der Waals surface area contributed by atoms with Crippen molar-refractivity contribution in [1.29, 1.82) is 0 Å². The van der Waals surface area contributed by atoms with Gasteiger partial charge in [0, 0.05) is 38.0 Å². The molecule has 0 aliphatic carbocycles. The predicted molar refractivity (Wildman–Crippen MR) is 107 cm³/mol.